The summed E-state index contributed by atoms with van der Waals surface area (Å²) < 4.78 is 7.39. The van der Waals surface area contributed by atoms with Gasteiger partial charge in [0.25, 0.3) is 5.91 Å². The average Bonchev–Trinajstić information content (AvgIpc) is 2.94. The maximum Gasteiger partial charge on any atom is 0.262 e. The van der Waals surface area contributed by atoms with Gasteiger partial charge in [-0.1, -0.05) is 0 Å². The second kappa shape index (κ2) is 4.37. The molecule has 0 saturated heterocycles. The molecule has 1 aromatic carbocycles. The molecule has 2 aliphatic rings. The summed E-state index contributed by atoms with van der Waals surface area (Å²) in [6, 6.07) is 3.61. The van der Waals surface area contributed by atoms with E-state index in [-0.39, 0.29) is 12.5 Å². The van der Waals surface area contributed by atoms with Crippen molar-refractivity contribution in [2.75, 3.05) is 29.1 Å². The van der Waals surface area contributed by atoms with E-state index in [4.69, 9.17) is 10.5 Å². The van der Waals surface area contributed by atoms with Crippen LogP contribution < -0.4 is 20.7 Å². The van der Waals surface area contributed by atoms with Crippen molar-refractivity contribution in [2.24, 2.45) is 0 Å². The molecular formula is C13H14N6O2. The van der Waals surface area contributed by atoms with E-state index in [0.717, 1.165) is 24.6 Å². The molecule has 0 fully saturated rings. The van der Waals surface area contributed by atoms with Crippen molar-refractivity contribution in [2.45, 2.75) is 13.1 Å². The highest BCUT2D eigenvalue weighted by atomic mass is 16.5. The number of hydrogen-bond donors (Lipinski definition) is 2. The van der Waals surface area contributed by atoms with Crippen LogP contribution in [0.3, 0.4) is 0 Å². The van der Waals surface area contributed by atoms with Crippen molar-refractivity contribution in [1.29, 1.82) is 0 Å². The van der Waals surface area contributed by atoms with Crippen LogP contribution in [0.25, 0.3) is 0 Å². The third-order valence-corrected chi connectivity index (χ3v) is 3.74. The van der Waals surface area contributed by atoms with Crippen LogP contribution in [0.5, 0.6) is 5.75 Å². The van der Waals surface area contributed by atoms with E-state index in [1.54, 1.807) is 12.4 Å². The molecule has 0 atom stereocenters. The second-order valence-corrected chi connectivity index (χ2v) is 5.11. The molecule has 0 bridgehead atoms. The lowest BCUT2D eigenvalue weighted by atomic mass is 10.1. The predicted molar refractivity (Wildman–Crippen MR) is 76.1 cm³/mol. The number of anilines is 3. The minimum absolute atomic E-state index is 0.0264. The van der Waals surface area contributed by atoms with Crippen LogP contribution in [0.2, 0.25) is 0 Å². The Hall–Kier alpha value is -2.77. The van der Waals surface area contributed by atoms with Crippen LogP contribution in [0.15, 0.2) is 18.5 Å². The molecule has 0 spiro atoms. The number of hydrogen-bond acceptors (Lipinski definition) is 6. The fourth-order valence-corrected chi connectivity index (χ4v) is 2.68. The lowest BCUT2D eigenvalue weighted by Gasteiger charge is -2.31. The van der Waals surface area contributed by atoms with E-state index in [2.05, 4.69) is 20.4 Å². The summed E-state index contributed by atoms with van der Waals surface area (Å²) in [6.45, 7) is 2.28. The van der Waals surface area contributed by atoms with Gasteiger partial charge in [-0.25, -0.2) is 0 Å². The Balaban J connectivity index is 1.69. The number of benzene rings is 1. The number of carbonyl (C=O) groups excluding carboxylic acids is 1. The Bertz CT molecular complexity index is 725. The third kappa shape index (κ3) is 1.95. The quantitative estimate of drug-likeness (QED) is 0.727. The zero-order valence-corrected chi connectivity index (χ0v) is 11.2. The van der Waals surface area contributed by atoms with Gasteiger partial charge >= 0.3 is 0 Å². The van der Waals surface area contributed by atoms with Crippen molar-refractivity contribution < 1.29 is 9.53 Å². The molecule has 2 aromatic rings. The van der Waals surface area contributed by atoms with Crippen molar-refractivity contribution in [3.05, 3.63) is 24.3 Å². The van der Waals surface area contributed by atoms with Gasteiger partial charge in [-0.15, -0.1) is 10.2 Å². The largest absolute Gasteiger partial charge is 0.482 e. The van der Waals surface area contributed by atoms with Crippen LogP contribution in [0.1, 0.15) is 5.82 Å². The van der Waals surface area contributed by atoms with Crippen LogP contribution in [0, 0.1) is 0 Å². The first-order valence-electron chi connectivity index (χ1n) is 6.68. The van der Waals surface area contributed by atoms with E-state index in [1.165, 1.54) is 0 Å². The summed E-state index contributed by atoms with van der Waals surface area (Å²) in [7, 11) is 0. The van der Waals surface area contributed by atoms with Gasteiger partial charge in [-0.05, 0) is 6.07 Å². The molecule has 2 aliphatic heterocycles. The minimum atomic E-state index is -0.156. The molecule has 3 heterocycles. The van der Waals surface area contributed by atoms with Gasteiger partial charge in [-0.2, -0.15) is 0 Å². The van der Waals surface area contributed by atoms with E-state index in [9.17, 15) is 4.79 Å². The van der Waals surface area contributed by atoms with E-state index in [1.807, 2.05) is 10.6 Å². The van der Waals surface area contributed by atoms with Crippen molar-refractivity contribution >= 4 is 23.0 Å². The van der Waals surface area contributed by atoms with Gasteiger partial charge in [-0.3, -0.25) is 4.79 Å². The van der Waals surface area contributed by atoms with Gasteiger partial charge in [0, 0.05) is 19.2 Å². The number of carbonyl (C=O) groups is 1. The Labute approximate surface area is 120 Å². The lowest BCUT2D eigenvalue weighted by molar-refractivity contribution is -0.118. The Morgan fingerprint density at radius 1 is 1.33 bits per heavy atom. The monoisotopic (exact) mass is 286 g/mol. The number of nitrogens with two attached hydrogens (primary N) is 1. The number of fused-ring (bicyclic) bond motifs is 2. The molecule has 8 nitrogen and oxygen atoms in total. The summed E-state index contributed by atoms with van der Waals surface area (Å²) in [6.07, 6.45) is 1.73. The topological polar surface area (TPSA) is 98.3 Å². The standard InChI is InChI=1S/C13H14N6O2/c14-8-3-11-9(16-13(20)6-21-11)4-10(8)18-1-2-19-7-15-17-12(19)5-18/h3-4,7H,1-2,5-6,14H2,(H,16,20). The number of nitrogens with zero attached hydrogens (tertiary/aromatic N) is 4. The Morgan fingerprint density at radius 3 is 3.14 bits per heavy atom. The molecule has 3 N–H and O–H groups in total. The molecule has 8 heteroatoms. The number of rotatable bonds is 1. The number of aromatic nitrogens is 3. The number of ether oxygens (including phenoxy) is 1. The van der Waals surface area contributed by atoms with Crippen LogP contribution in [-0.4, -0.2) is 33.8 Å². The maximum absolute atomic E-state index is 11.4. The summed E-state index contributed by atoms with van der Waals surface area (Å²) in [4.78, 5) is 13.6. The zero-order valence-electron chi connectivity index (χ0n) is 11.2. The average molecular weight is 286 g/mol. The van der Waals surface area contributed by atoms with Crippen LogP contribution in [-0.2, 0) is 17.9 Å². The maximum atomic E-state index is 11.4. The first kappa shape index (κ1) is 12.0. The Morgan fingerprint density at radius 2 is 2.24 bits per heavy atom. The number of amides is 1. The fraction of sp³-hybridized carbons (Fsp3) is 0.308. The minimum Gasteiger partial charge on any atom is -0.482 e. The molecule has 0 radical (unpaired) electrons. The fourth-order valence-electron chi connectivity index (χ4n) is 2.68. The smallest absolute Gasteiger partial charge is 0.262 e. The number of nitrogens with one attached hydrogen (secondary N) is 1. The van der Waals surface area contributed by atoms with Gasteiger partial charge in [0.05, 0.1) is 23.6 Å². The summed E-state index contributed by atoms with van der Waals surface area (Å²) >= 11 is 0. The molecule has 108 valence electrons. The lowest BCUT2D eigenvalue weighted by Crippen LogP contribution is -2.34. The molecule has 21 heavy (non-hydrogen) atoms. The van der Waals surface area contributed by atoms with E-state index >= 15 is 0 Å². The summed E-state index contributed by atoms with van der Waals surface area (Å²) in [5.41, 5.74) is 8.28. The van der Waals surface area contributed by atoms with Gasteiger partial charge in [0.2, 0.25) is 0 Å². The first-order valence-corrected chi connectivity index (χ1v) is 6.68. The van der Waals surface area contributed by atoms with Crippen molar-refractivity contribution in [3.8, 4) is 5.75 Å². The highest BCUT2D eigenvalue weighted by Crippen LogP contribution is 2.37. The first-order chi connectivity index (χ1) is 10.2. The van der Waals surface area contributed by atoms with Crippen molar-refractivity contribution in [1.82, 2.24) is 14.8 Å². The second-order valence-electron chi connectivity index (χ2n) is 5.11. The summed E-state index contributed by atoms with van der Waals surface area (Å²) in [5, 5.41) is 10.8. The molecule has 0 unspecified atom stereocenters. The molecular weight excluding hydrogens is 272 g/mol. The van der Waals surface area contributed by atoms with Crippen LogP contribution in [0.4, 0.5) is 17.1 Å². The SMILES string of the molecule is Nc1cc2c(cc1N1CCn3cnnc3C1)NC(=O)CO2. The molecule has 0 saturated carbocycles. The Kier molecular flexibility index (Phi) is 2.50. The normalized spacial score (nSPS) is 16.8. The van der Waals surface area contributed by atoms with E-state index in [0.29, 0.717) is 23.7 Å². The van der Waals surface area contributed by atoms with Gasteiger partial charge in [0.1, 0.15) is 12.1 Å². The van der Waals surface area contributed by atoms with Gasteiger partial charge < -0.3 is 25.3 Å². The third-order valence-electron chi connectivity index (χ3n) is 3.74. The van der Waals surface area contributed by atoms with E-state index < -0.39 is 0 Å². The van der Waals surface area contributed by atoms with Crippen molar-refractivity contribution in [3.63, 3.8) is 0 Å². The van der Waals surface area contributed by atoms with Gasteiger partial charge in [0.15, 0.2) is 12.4 Å². The molecule has 4 rings (SSSR count). The molecule has 0 aliphatic carbocycles. The molecule has 1 amide bonds. The number of nitrogen functional groups attached to an aromatic ring is 1. The highest BCUT2D eigenvalue weighted by molar-refractivity contribution is 5.97. The van der Waals surface area contributed by atoms with Crippen LogP contribution >= 0.6 is 0 Å². The highest BCUT2D eigenvalue weighted by Gasteiger charge is 2.23. The zero-order chi connectivity index (χ0) is 14.4. The summed E-state index contributed by atoms with van der Waals surface area (Å²) in [5.74, 6) is 1.35. The predicted octanol–water partition coefficient (Wildman–Crippen LogP) is 0.211. The molecule has 1 aromatic heterocycles.